The fraction of sp³-hybridized carbons (Fsp3) is 0.409. The third kappa shape index (κ3) is 5.81. The highest BCUT2D eigenvalue weighted by Gasteiger charge is 2.21. The quantitative estimate of drug-likeness (QED) is 0.727. The summed E-state index contributed by atoms with van der Waals surface area (Å²) in [4.78, 5) is 14.6. The minimum absolute atomic E-state index is 0.0515. The summed E-state index contributed by atoms with van der Waals surface area (Å²) in [6.45, 7) is 4.38. The number of carbonyl (C=O) groups excluding carboxylic acids is 1. The molecule has 1 N–H and O–H groups in total. The van der Waals surface area contributed by atoms with Gasteiger partial charge in [-0.1, -0.05) is 36.4 Å². The normalized spacial score (nSPS) is 17.4. The number of nitrogens with zero attached hydrogens (tertiary/aromatic N) is 1. The van der Waals surface area contributed by atoms with Crippen molar-refractivity contribution < 1.29 is 14.3 Å². The number of carbonyl (C=O) groups is 1. The largest absolute Gasteiger partial charge is 0.497 e. The van der Waals surface area contributed by atoms with E-state index in [0.29, 0.717) is 17.9 Å². The van der Waals surface area contributed by atoms with Crippen LogP contribution in [0.5, 0.6) is 5.75 Å². The Kier molecular flexibility index (Phi) is 7.25. The maximum absolute atomic E-state index is 12.2. The van der Waals surface area contributed by atoms with Gasteiger partial charge in [-0.15, -0.1) is 0 Å². The summed E-state index contributed by atoms with van der Waals surface area (Å²) in [5, 5.41) is 2.98. The average molecular weight is 368 g/mol. The molecule has 1 saturated heterocycles. The van der Waals surface area contributed by atoms with E-state index in [1.165, 1.54) is 5.56 Å². The lowest BCUT2D eigenvalue weighted by atomic mass is 10.1. The summed E-state index contributed by atoms with van der Waals surface area (Å²) in [6.07, 6.45) is 2.18. The number of hydrogen-bond donors (Lipinski definition) is 1. The number of ether oxygens (including phenoxy) is 2. The summed E-state index contributed by atoms with van der Waals surface area (Å²) in [5.41, 5.74) is 1.88. The lowest BCUT2D eigenvalue weighted by molar-refractivity contribution is -0.0303. The summed E-state index contributed by atoms with van der Waals surface area (Å²) < 4.78 is 11.1. The first-order valence-corrected chi connectivity index (χ1v) is 9.57. The maximum Gasteiger partial charge on any atom is 0.251 e. The van der Waals surface area contributed by atoms with Crippen molar-refractivity contribution in [2.75, 3.05) is 39.9 Å². The molecule has 1 atom stereocenters. The zero-order valence-electron chi connectivity index (χ0n) is 15.9. The number of methoxy groups -OCH3 is 1. The van der Waals surface area contributed by atoms with Crippen LogP contribution in [-0.4, -0.2) is 50.7 Å². The van der Waals surface area contributed by atoms with Crippen molar-refractivity contribution in [2.45, 2.75) is 18.9 Å². The zero-order chi connectivity index (χ0) is 18.9. The Morgan fingerprint density at radius 3 is 2.85 bits per heavy atom. The molecule has 2 aromatic carbocycles. The van der Waals surface area contributed by atoms with Crippen LogP contribution in [0.25, 0.3) is 0 Å². The third-order valence-corrected chi connectivity index (χ3v) is 4.84. The molecule has 27 heavy (non-hydrogen) atoms. The number of amides is 1. The summed E-state index contributed by atoms with van der Waals surface area (Å²) >= 11 is 0. The van der Waals surface area contributed by atoms with E-state index >= 15 is 0 Å². The van der Waals surface area contributed by atoms with Crippen molar-refractivity contribution in [3.63, 3.8) is 0 Å². The molecule has 144 valence electrons. The van der Waals surface area contributed by atoms with Crippen molar-refractivity contribution in [2.24, 2.45) is 0 Å². The molecule has 0 aromatic heterocycles. The van der Waals surface area contributed by atoms with Gasteiger partial charge in [0.05, 0.1) is 19.8 Å². The highest BCUT2D eigenvalue weighted by molar-refractivity contribution is 5.94. The monoisotopic (exact) mass is 368 g/mol. The molecule has 2 aromatic rings. The number of morpholine rings is 1. The second-order valence-corrected chi connectivity index (χ2v) is 6.77. The SMILES string of the molecule is COc1cccc(C(=O)NCCCCN2CCO[C@H](c3ccccc3)C2)c1. The molecule has 0 bridgehead atoms. The van der Waals surface area contributed by atoms with Crippen LogP contribution >= 0.6 is 0 Å². The van der Waals surface area contributed by atoms with Crippen molar-refractivity contribution in [3.8, 4) is 5.75 Å². The Bertz CT molecular complexity index is 721. The fourth-order valence-corrected chi connectivity index (χ4v) is 3.30. The van der Waals surface area contributed by atoms with Gasteiger partial charge in [0, 0.05) is 25.2 Å². The molecule has 0 unspecified atom stereocenters. The lowest BCUT2D eigenvalue weighted by Crippen LogP contribution is -2.39. The van der Waals surface area contributed by atoms with Crippen LogP contribution in [0.15, 0.2) is 54.6 Å². The molecule has 0 spiro atoms. The van der Waals surface area contributed by atoms with E-state index < -0.39 is 0 Å². The van der Waals surface area contributed by atoms with Gasteiger partial charge in [0.2, 0.25) is 0 Å². The van der Waals surface area contributed by atoms with Crippen molar-refractivity contribution in [1.29, 1.82) is 0 Å². The van der Waals surface area contributed by atoms with Crippen LogP contribution in [-0.2, 0) is 4.74 Å². The molecule has 1 amide bonds. The van der Waals surface area contributed by atoms with E-state index in [2.05, 4.69) is 34.5 Å². The van der Waals surface area contributed by atoms with E-state index in [9.17, 15) is 4.79 Å². The van der Waals surface area contributed by atoms with Gasteiger partial charge in [0.1, 0.15) is 5.75 Å². The topological polar surface area (TPSA) is 50.8 Å². The molecular weight excluding hydrogens is 340 g/mol. The van der Waals surface area contributed by atoms with Crippen molar-refractivity contribution in [3.05, 3.63) is 65.7 Å². The minimum Gasteiger partial charge on any atom is -0.497 e. The van der Waals surface area contributed by atoms with E-state index in [4.69, 9.17) is 9.47 Å². The van der Waals surface area contributed by atoms with E-state index in [1.807, 2.05) is 18.2 Å². The van der Waals surface area contributed by atoms with Crippen molar-refractivity contribution >= 4 is 5.91 Å². The van der Waals surface area contributed by atoms with Gasteiger partial charge in [-0.2, -0.15) is 0 Å². The van der Waals surface area contributed by atoms with E-state index in [0.717, 1.165) is 39.1 Å². The van der Waals surface area contributed by atoms with Gasteiger partial charge in [0.15, 0.2) is 0 Å². The lowest BCUT2D eigenvalue weighted by Gasteiger charge is -2.33. The molecule has 5 heteroatoms. The molecule has 1 aliphatic rings. The van der Waals surface area contributed by atoms with Gasteiger partial charge in [-0.05, 0) is 43.1 Å². The Balaban J connectivity index is 1.35. The second kappa shape index (κ2) is 10.1. The highest BCUT2D eigenvalue weighted by Crippen LogP contribution is 2.22. The molecule has 0 aliphatic carbocycles. The van der Waals surface area contributed by atoms with Gasteiger partial charge in [0.25, 0.3) is 5.91 Å². The molecule has 0 saturated carbocycles. The number of benzene rings is 2. The third-order valence-electron chi connectivity index (χ3n) is 4.84. The zero-order valence-corrected chi connectivity index (χ0v) is 15.9. The molecule has 1 fully saturated rings. The Morgan fingerprint density at radius 1 is 1.19 bits per heavy atom. The second-order valence-electron chi connectivity index (χ2n) is 6.77. The Hall–Kier alpha value is -2.37. The predicted octanol–water partition coefficient (Wildman–Crippen LogP) is 3.28. The van der Waals surface area contributed by atoms with Crippen LogP contribution in [0.3, 0.4) is 0 Å². The van der Waals surface area contributed by atoms with E-state index in [1.54, 1.807) is 19.2 Å². The molecular formula is C22H28N2O3. The van der Waals surface area contributed by atoms with Crippen LogP contribution in [0, 0.1) is 0 Å². The standard InChI is InChI=1S/C22H28N2O3/c1-26-20-11-7-10-19(16-20)22(25)23-12-5-6-13-24-14-15-27-21(17-24)18-8-3-2-4-9-18/h2-4,7-11,16,21H,5-6,12-15,17H2,1H3,(H,23,25)/t21-/m0/s1. The van der Waals surface area contributed by atoms with Gasteiger partial charge < -0.3 is 14.8 Å². The first-order valence-electron chi connectivity index (χ1n) is 9.57. The molecule has 1 heterocycles. The molecule has 5 nitrogen and oxygen atoms in total. The molecule has 0 radical (unpaired) electrons. The highest BCUT2D eigenvalue weighted by atomic mass is 16.5. The van der Waals surface area contributed by atoms with Crippen molar-refractivity contribution in [1.82, 2.24) is 10.2 Å². The number of nitrogens with one attached hydrogen (secondary N) is 1. The molecule has 3 rings (SSSR count). The van der Waals surface area contributed by atoms with E-state index in [-0.39, 0.29) is 12.0 Å². The number of rotatable bonds is 8. The first kappa shape index (κ1) is 19.4. The Morgan fingerprint density at radius 2 is 2.04 bits per heavy atom. The van der Waals surface area contributed by atoms with Crippen LogP contribution in [0.4, 0.5) is 0 Å². The van der Waals surface area contributed by atoms with Gasteiger partial charge in [-0.25, -0.2) is 0 Å². The summed E-state index contributed by atoms with van der Waals surface area (Å²) in [5.74, 6) is 0.646. The van der Waals surface area contributed by atoms with Crippen LogP contribution in [0.2, 0.25) is 0 Å². The first-order chi connectivity index (χ1) is 13.3. The number of hydrogen-bond acceptors (Lipinski definition) is 4. The molecule has 1 aliphatic heterocycles. The minimum atomic E-state index is -0.0515. The summed E-state index contributed by atoms with van der Waals surface area (Å²) in [7, 11) is 1.60. The smallest absolute Gasteiger partial charge is 0.251 e. The van der Waals surface area contributed by atoms with Crippen LogP contribution in [0.1, 0.15) is 34.9 Å². The maximum atomic E-state index is 12.2. The van der Waals surface area contributed by atoms with Crippen LogP contribution < -0.4 is 10.1 Å². The average Bonchev–Trinajstić information content (AvgIpc) is 2.74. The Labute approximate surface area is 161 Å². The fourth-order valence-electron chi connectivity index (χ4n) is 3.30. The van der Waals surface area contributed by atoms with Gasteiger partial charge >= 0.3 is 0 Å². The van der Waals surface area contributed by atoms with Gasteiger partial charge in [-0.3, -0.25) is 9.69 Å². The predicted molar refractivity (Wildman–Crippen MR) is 106 cm³/mol. The summed E-state index contributed by atoms with van der Waals surface area (Å²) in [6, 6.07) is 17.6. The number of unbranched alkanes of at least 4 members (excludes halogenated alkanes) is 1.